The van der Waals surface area contributed by atoms with Gasteiger partial charge in [0, 0.05) is 25.5 Å². The Hall–Kier alpha value is -0.653. The van der Waals surface area contributed by atoms with E-state index in [0.29, 0.717) is 19.6 Å². The number of allylic oxidation sites excluding steroid dienone is 1. The summed E-state index contributed by atoms with van der Waals surface area (Å²) in [4.78, 5) is 11.8. The van der Waals surface area contributed by atoms with Gasteiger partial charge in [-0.3, -0.25) is 4.79 Å². The highest BCUT2D eigenvalue weighted by molar-refractivity contribution is 6.74. The molecule has 0 aliphatic heterocycles. The first-order valence-electron chi connectivity index (χ1n) is 7.85. The molecule has 1 aliphatic carbocycles. The number of aliphatic hydroxyl groups excluding tert-OH is 1. The lowest BCUT2D eigenvalue weighted by molar-refractivity contribution is -0.122. The third-order valence-electron chi connectivity index (χ3n) is 4.78. The Bertz CT molecular complexity index is 387. The maximum atomic E-state index is 11.8. The quantitative estimate of drug-likeness (QED) is 0.585. The second kappa shape index (κ2) is 7.07. The molecule has 0 aromatic carbocycles. The van der Waals surface area contributed by atoms with Gasteiger partial charge in [0.15, 0.2) is 8.32 Å². The van der Waals surface area contributed by atoms with Gasteiger partial charge >= 0.3 is 0 Å². The number of carbonyl (C=O) groups excluding carboxylic acids is 1. The molecule has 0 spiro atoms. The van der Waals surface area contributed by atoms with Crippen LogP contribution in [0.15, 0.2) is 12.2 Å². The van der Waals surface area contributed by atoms with Gasteiger partial charge in [0.05, 0.1) is 6.10 Å². The number of nitrogens with one attached hydrogen (secondary N) is 1. The molecule has 3 atom stereocenters. The third-order valence-corrected chi connectivity index (χ3v) is 9.28. The van der Waals surface area contributed by atoms with Crippen LogP contribution in [0, 0.1) is 11.8 Å². The summed E-state index contributed by atoms with van der Waals surface area (Å²) in [5, 5.41) is 13.1. The molecule has 0 aromatic rings. The first-order chi connectivity index (χ1) is 9.58. The van der Waals surface area contributed by atoms with Crippen LogP contribution in [-0.2, 0) is 9.22 Å². The molecule has 1 amide bonds. The number of aliphatic hydroxyl groups is 1. The number of hydrogen-bond acceptors (Lipinski definition) is 3. The van der Waals surface area contributed by atoms with Gasteiger partial charge in [-0.05, 0) is 31.0 Å². The van der Waals surface area contributed by atoms with Crippen molar-refractivity contribution in [3.8, 4) is 0 Å². The third kappa shape index (κ3) is 4.93. The van der Waals surface area contributed by atoms with Crippen molar-refractivity contribution in [1.82, 2.24) is 5.32 Å². The second-order valence-electron chi connectivity index (χ2n) is 7.43. The summed E-state index contributed by atoms with van der Waals surface area (Å²) in [5.41, 5.74) is 0. The van der Waals surface area contributed by atoms with Gasteiger partial charge in [-0.1, -0.05) is 32.9 Å². The summed E-state index contributed by atoms with van der Waals surface area (Å²) < 4.78 is 6.23. The van der Waals surface area contributed by atoms with E-state index in [1.54, 1.807) is 6.08 Å². The number of hydrogen-bond donors (Lipinski definition) is 2. The summed E-state index contributed by atoms with van der Waals surface area (Å²) in [6, 6.07) is 0. The number of rotatable bonds is 6. The van der Waals surface area contributed by atoms with E-state index in [2.05, 4.69) is 39.2 Å². The van der Waals surface area contributed by atoms with Crippen LogP contribution in [0.2, 0.25) is 18.1 Å². The molecule has 1 rings (SSSR count). The minimum atomic E-state index is -1.83. The largest absolute Gasteiger partial charge is 0.416 e. The van der Waals surface area contributed by atoms with Gasteiger partial charge in [-0.25, -0.2) is 0 Å². The SMILES string of the molecule is CCNC(=O)C[C@H]1C=C[C@@H](O)[C@H]1CO[Si](C)(C)C(C)(C)C. The molecule has 0 fully saturated rings. The molecule has 0 bridgehead atoms. The lowest BCUT2D eigenvalue weighted by Crippen LogP contribution is -2.43. The van der Waals surface area contributed by atoms with Crippen LogP contribution in [0.3, 0.4) is 0 Å². The topological polar surface area (TPSA) is 58.6 Å². The van der Waals surface area contributed by atoms with Crippen LogP contribution in [0.25, 0.3) is 0 Å². The van der Waals surface area contributed by atoms with Crippen molar-refractivity contribution in [2.45, 2.75) is 58.4 Å². The molecule has 4 nitrogen and oxygen atoms in total. The standard InChI is InChI=1S/C16H31NO3Si/c1-7-17-15(19)10-12-8-9-14(18)13(12)11-20-21(5,6)16(2,3)4/h8-9,12-14,18H,7,10-11H2,1-6H3,(H,17,19)/t12-,13+,14-/m1/s1. The molecular weight excluding hydrogens is 282 g/mol. The molecule has 0 unspecified atom stereocenters. The molecular formula is C16H31NO3Si. The Morgan fingerprint density at radius 3 is 2.48 bits per heavy atom. The Morgan fingerprint density at radius 1 is 1.33 bits per heavy atom. The van der Waals surface area contributed by atoms with Crippen molar-refractivity contribution in [1.29, 1.82) is 0 Å². The van der Waals surface area contributed by atoms with Crippen molar-refractivity contribution in [2.75, 3.05) is 13.2 Å². The van der Waals surface area contributed by atoms with E-state index in [4.69, 9.17) is 4.43 Å². The predicted octanol–water partition coefficient (Wildman–Crippen LogP) is 2.70. The molecule has 1 aliphatic rings. The summed E-state index contributed by atoms with van der Waals surface area (Å²) in [7, 11) is -1.83. The smallest absolute Gasteiger partial charge is 0.220 e. The second-order valence-corrected chi connectivity index (χ2v) is 12.2. The highest BCUT2D eigenvalue weighted by atomic mass is 28.4. The monoisotopic (exact) mass is 313 g/mol. The van der Waals surface area contributed by atoms with E-state index in [9.17, 15) is 9.90 Å². The van der Waals surface area contributed by atoms with E-state index < -0.39 is 14.4 Å². The van der Waals surface area contributed by atoms with Gasteiger partial charge in [0.25, 0.3) is 0 Å². The highest BCUT2D eigenvalue weighted by Gasteiger charge is 2.40. The summed E-state index contributed by atoms with van der Waals surface area (Å²) in [6.45, 7) is 14.1. The van der Waals surface area contributed by atoms with E-state index in [-0.39, 0.29) is 22.8 Å². The lowest BCUT2D eigenvalue weighted by Gasteiger charge is -2.38. The van der Waals surface area contributed by atoms with Crippen molar-refractivity contribution in [2.24, 2.45) is 11.8 Å². The molecule has 122 valence electrons. The van der Waals surface area contributed by atoms with Crippen LogP contribution < -0.4 is 5.32 Å². The summed E-state index contributed by atoms with van der Waals surface area (Å²) in [5.74, 6) is 0.0941. The maximum absolute atomic E-state index is 11.8. The van der Waals surface area contributed by atoms with Gasteiger partial charge in [-0.15, -0.1) is 0 Å². The fourth-order valence-electron chi connectivity index (χ4n) is 2.24. The van der Waals surface area contributed by atoms with E-state index in [1.165, 1.54) is 0 Å². The van der Waals surface area contributed by atoms with Crippen LogP contribution >= 0.6 is 0 Å². The highest BCUT2D eigenvalue weighted by Crippen LogP contribution is 2.38. The van der Waals surface area contributed by atoms with Crippen molar-refractivity contribution < 1.29 is 14.3 Å². The minimum Gasteiger partial charge on any atom is -0.416 e. The first kappa shape index (κ1) is 18.4. The molecule has 0 radical (unpaired) electrons. The van der Waals surface area contributed by atoms with E-state index in [1.807, 2.05) is 13.0 Å². The van der Waals surface area contributed by atoms with Crippen molar-refractivity contribution in [3.63, 3.8) is 0 Å². The minimum absolute atomic E-state index is 0.0123. The fourth-order valence-corrected chi connectivity index (χ4v) is 3.28. The van der Waals surface area contributed by atoms with Crippen molar-refractivity contribution >= 4 is 14.2 Å². The predicted molar refractivity (Wildman–Crippen MR) is 88.6 cm³/mol. The number of carbonyl (C=O) groups is 1. The van der Waals surface area contributed by atoms with Gasteiger partial charge in [-0.2, -0.15) is 0 Å². The Kier molecular flexibility index (Phi) is 6.19. The zero-order valence-electron chi connectivity index (χ0n) is 14.3. The Labute approximate surface area is 130 Å². The summed E-state index contributed by atoms with van der Waals surface area (Å²) in [6.07, 6.45) is 3.67. The van der Waals surface area contributed by atoms with Crippen LogP contribution in [0.5, 0.6) is 0 Å². The lowest BCUT2D eigenvalue weighted by atomic mass is 9.91. The van der Waals surface area contributed by atoms with Crippen LogP contribution in [0.1, 0.15) is 34.1 Å². The normalized spacial score (nSPS) is 26.1. The Morgan fingerprint density at radius 2 is 1.95 bits per heavy atom. The maximum Gasteiger partial charge on any atom is 0.220 e. The van der Waals surface area contributed by atoms with E-state index >= 15 is 0 Å². The first-order valence-corrected chi connectivity index (χ1v) is 10.8. The van der Waals surface area contributed by atoms with Crippen molar-refractivity contribution in [3.05, 3.63) is 12.2 Å². The number of amides is 1. The molecule has 0 saturated carbocycles. The van der Waals surface area contributed by atoms with Gasteiger partial charge in [0.1, 0.15) is 0 Å². The molecule has 5 heteroatoms. The average molecular weight is 314 g/mol. The zero-order chi connectivity index (χ0) is 16.3. The van der Waals surface area contributed by atoms with Crippen LogP contribution in [0.4, 0.5) is 0 Å². The van der Waals surface area contributed by atoms with Crippen LogP contribution in [-0.4, -0.2) is 38.6 Å². The molecule has 0 saturated heterocycles. The molecule has 0 aromatic heterocycles. The fraction of sp³-hybridized carbons (Fsp3) is 0.812. The van der Waals surface area contributed by atoms with E-state index in [0.717, 1.165) is 0 Å². The molecule has 2 N–H and O–H groups in total. The molecule has 0 heterocycles. The van der Waals surface area contributed by atoms with Gasteiger partial charge in [0.2, 0.25) is 5.91 Å². The zero-order valence-corrected chi connectivity index (χ0v) is 15.3. The average Bonchev–Trinajstić information content (AvgIpc) is 2.66. The Balaban J connectivity index is 2.61. The molecule has 21 heavy (non-hydrogen) atoms. The summed E-state index contributed by atoms with van der Waals surface area (Å²) >= 11 is 0. The van der Waals surface area contributed by atoms with Gasteiger partial charge < -0.3 is 14.8 Å².